The molecule has 0 bridgehead atoms. The molecule has 4 aromatic rings. The fraction of sp³-hybridized carbons (Fsp3) is 0.160. The lowest BCUT2D eigenvalue weighted by atomic mass is 10.1. The normalized spacial score (nSPS) is 12.7. The molecule has 0 aliphatic carbocycles. The van der Waals surface area contributed by atoms with Crippen molar-refractivity contribution in [3.05, 3.63) is 102 Å². The topological polar surface area (TPSA) is 77.2 Å². The van der Waals surface area contributed by atoms with Crippen molar-refractivity contribution >= 4 is 23.4 Å². The van der Waals surface area contributed by atoms with Gasteiger partial charge in [-0.1, -0.05) is 60.2 Å². The molecule has 0 saturated carbocycles. The number of anilines is 1. The molecule has 33 heavy (non-hydrogen) atoms. The Morgan fingerprint density at radius 1 is 1.00 bits per heavy atom. The summed E-state index contributed by atoms with van der Waals surface area (Å²) >= 11 is 1.14. The lowest BCUT2D eigenvalue weighted by molar-refractivity contribution is -0.115. The SMILES string of the molecule is Cc1ccc(NC(=O)[C@@H](Sc2nnc([C@H](C)Oc3ccccc3F)o2)c2ccccc2)cc1. The number of thioether (sulfide) groups is 1. The summed E-state index contributed by atoms with van der Waals surface area (Å²) < 4.78 is 25.2. The van der Waals surface area contributed by atoms with Gasteiger partial charge in [0.15, 0.2) is 17.7 Å². The van der Waals surface area contributed by atoms with Crippen LogP contribution >= 0.6 is 11.8 Å². The van der Waals surface area contributed by atoms with E-state index >= 15 is 0 Å². The molecule has 3 aromatic carbocycles. The zero-order valence-electron chi connectivity index (χ0n) is 18.1. The van der Waals surface area contributed by atoms with Gasteiger partial charge in [0.25, 0.3) is 11.1 Å². The van der Waals surface area contributed by atoms with E-state index in [9.17, 15) is 9.18 Å². The molecule has 168 valence electrons. The Labute approximate surface area is 195 Å². The van der Waals surface area contributed by atoms with Gasteiger partial charge in [0.05, 0.1) is 0 Å². The van der Waals surface area contributed by atoms with Gasteiger partial charge >= 0.3 is 0 Å². The second-order valence-electron chi connectivity index (χ2n) is 7.36. The average molecular weight is 464 g/mol. The second kappa shape index (κ2) is 10.3. The summed E-state index contributed by atoms with van der Waals surface area (Å²) in [6.07, 6.45) is -0.666. The number of ether oxygens (including phenoxy) is 1. The Balaban J connectivity index is 1.51. The van der Waals surface area contributed by atoms with E-state index in [1.54, 1.807) is 19.1 Å². The van der Waals surface area contributed by atoms with Gasteiger partial charge in [0, 0.05) is 5.69 Å². The summed E-state index contributed by atoms with van der Waals surface area (Å²) in [7, 11) is 0. The molecular formula is C25H22FN3O3S. The number of halogens is 1. The fourth-order valence-corrected chi connectivity index (χ4v) is 3.94. The van der Waals surface area contributed by atoms with Gasteiger partial charge in [-0.3, -0.25) is 4.79 Å². The van der Waals surface area contributed by atoms with E-state index in [1.807, 2.05) is 61.5 Å². The molecule has 0 aliphatic heterocycles. The smallest absolute Gasteiger partial charge is 0.277 e. The molecule has 0 unspecified atom stereocenters. The van der Waals surface area contributed by atoms with Crippen LogP contribution in [0.1, 0.15) is 35.3 Å². The maximum atomic E-state index is 13.9. The molecule has 6 nitrogen and oxygen atoms in total. The van der Waals surface area contributed by atoms with Crippen LogP contribution in [0.2, 0.25) is 0 Å². The number of benzene rings is 3. The maximum Gasteiger partial charge on any atom is 0.277 e. The van der Waals surface area contributed by atoms with E-state index < -0.39 is 17.2 Å². The highest BCUT2D eigenvalue weighted by atomic mass is 32.2. The Kier molecular flexibility index (Phi) is 7.04. The van der Waals surface area contributed by atoms with Crippen molar-refractivity contribution in [1.82, 2.24) is 10.2 Å². The highest BCUT2D eigenvalue weighted by Crippen LogP contribution is 2.36. The lowest BCUT2D eigenvalue weighted by Gasteiger charge is -2.15. The van der Waals surface area contributed by atoms with Crippen molar-refractivity contribution < 1.29 is 18.3 Å². The standard InChI is InChI=1S/C25H22FN3O3S/c1-16-12-14-19(15-13-16)27-23(30)22(18-8-4-3-5-9-18)33-25-29-28-24(32-25)17(2)31-21-11-7-6-10-20(21)26/h3-15,17,22H,1-2H3,(H,27,30)/t17-,22-/m0/s1. The highest BCUT2D eigenvalue weighted by molar-refractivity contribution is 8.00. The largest absolute Gasteiger partial charge is 0.478 e. The summed E-state index contributed by atoms with van der Waals surface area (Å²) in [5.41, 5.74) is 2.60. The van der Waals surface area contributed by atoms with Gasteiger partial charge in [-0.25, -0.2) is 4.39 Å². The van der Waals surface area contributed by atoms with Crippen LogP contribution in [0.4, 0.5) is 10.1 Å². The van der Waals surface area contributed by atoms with Gasteiger partial charge in [0.2, 0.25) is 5.91 Å². The zero-order valence-corrected chi connectivity index (χ0v) is 18.9. The van der Waals surface area contributed by atoms with Gasteiger partial charge in [-0.15, -0.1) is 10.2 Å². The van der Waals surface area contributed by atoms with Crippen molar-refractivity contribution in [3.8, 4) is 5.75 Å². The Bertz CT molecular complexity index is 1220. The van der Waals surface area contributed by atoms with Crippen molar-refractivity contribution in [2.24, 2.45) is 0 Å². The van der Waals surface area contributed by atoms with Crippen molar-refractivity contribution in [3.63, 3.8) is 0 Å². The lowest BCUT2D eigenvalue weighted by Crippen LogP contribution is -2.19. The van der Waals surface area contributed by atoms with Crippen LogP contribution in [0, 0.1) is 12.7 Å². The molecule has 0 aliphatic rings. The van der Waals surface area contributed by atoms with Crippen LogP contribution in [0.15, 0.2) is 88.5 Å². The first-order valence-corrected chi connectivity index (χ1v) is 11.2. The number of carbonyl (C=O) groups excluding carboxylic acids is 1. The zero-order chi connectivity index (χ0) is 23.2. The number of aromatic nitrogens is 2. The van der Waals surface area contributed by atoms with Crippen molar-refractivity contribution in [2.45, 2.75) is 30.4 Å². The second-order valence-corrected chi connectivity index (χ2v) is 8.42. The molecule has 0 saturated heterocycles. The molecule has 1 aromatic heterocycles. The number of carbonyl (C=O) groups is 1. The Morgan fingerprint density at radius 2 is 1.70 bits per heavy atom. The van der Waals surface area contributed by atoms with Crippen LogP contribution in [0.3, 0.4) is 0 Å². The summed E-state index contributed by atoms with van der Waals surface area (Å²) in [6, 6.07) is 23.0. The molecule has 0 radical (unpaired) electrons. The predicted molar refractivity (Wildman–Crippen MR) is 125 cm³/mol. The number of para-hydroxylation sites is 1. The van der Waals surface area contributed by atoms with E-state index in [-0.39, 0.29) is 22.8 Å². The first-order valence-electron chi connectivity index (χ1n) is 10.3. The third-order valence-corrected chi connectivity index (χ3v) is 5.88. The minimum absolute atomic E-state index is 0.0945. The molecule has 0 spiro atoms. The summed E-state index contributed by atoms with van der Waals surface area (Å²) in [5.74, 6) is -0.413. The quantitative estimate of drug-likeness (QED) is 0.317. The van der Waals surface area contributed by atoms with Crippen LogP contribution in [0.5, 0.6) is 5.75 Å². The summed E-state index contributed by atoms with van der Waals surface area (Å²) in [5, 5.41) is 10.6. The van der Waals surface area contributed by atoms with Crippen molar-refractivity contribution in [1.29, 1.82) is 0 Å². The third kappa shape index (κ3) is 5.78. The third-order valence-electron chi connectivity index (χ3n) is 4.79. The summed E-state index contributed by atoms with van der Waals surface area (Å²) in [4.78, 5) is 13.1. The number of amides is 1. The number of nitrogens with zero attached hydrogens (tertiary/aromatic N) is 2. The van der Waals surface area contributed by atoms with Crippen LogP contribution in [-0.2, 0) is 4.79 Å². The van der Waals surface area contributed by atoms with Gasteiger partial charge < -0.3 is 14.5 Å². The molecule has 4 rings (SSSR count). The predicted octanol–water partition coefficient (Wildman–Crippen LogP) is 6.13. The van der Waals surface area contributed by atoms with Crippen LogP contribution in [0.25, 0.3) is 0 Å². The minimum atomic E-state index is -0.666. The number of nitrogens with one attached hydrogen (secondary N) is 1. The van der Waals surface area contributed by atoms with Gasteiger partial charge in [-0.2, -0.15) is 0 Å². The number of aryl methyl sites for hydroxylation is 1. The molecule has 1 heterocycles. The molecule has 1 N–H and O–H groups in total. The van der Waals surface area contributed by atoms with E-state index in [2.05, 4.69) is 15.5 Å². The van der Waals surface area contributed by atoms with Crippen molar-refractivity contribution in [2.75, 3.05) is 5.32 Å². The van der Waals surface area contributed by atoms with Gasteiger partial charge in [-0.05, 0) is 55.4 Å². The van der Waals surface area contributed by atoms with E-state index in [0.29, 0.717) is 5.69 Å². The number of hydrogen-bond donors (Lipinski definition) is 1. The first-order chi connectivity index (χ1) is 16.0. The molecular weight excluding hydrogens is 441 g/mol. The minimum Gasteiger partial charge on any atom is -0.478 e. The molecule has 0 fully saturated rings. The molecule has 8 heteroatoms. The maximum absolute atomic E-state index is 13.9. The monoisotopic (exact) mass is 463 g/mol. The van der Waals surface area contributed by atoms with Crippen LogP contribution in [-0.4, -0.2) is 16.1 Å². The van der Waals surface area contributed by atoms with Crippen LogP contribution < -0.4 is 10.1 Å². The number of rotatable bonds is 8. The molecule has 2 atom stereocenters. The highest BCUT2D eigenvalue weighted by Gasteiger charge is 2.26. The Hall–Kier alpha value is -3.65. The van der Waals surface area contributed by atoms with E-state index in [4.69, 9.17) is 9.15 Å². The fourth-order valence-electron chi connectivity index (χ4n) is 3.06. The van der Waals surface area contributed by atoms with E-state index in [1.165, 1.54) is 12.1 Å². The first kappa shape index (κ1) is 22.5. The number of hydrogen-bond acceptors (Lipinski definition) is 6. The summed E-state index contributed by atoms with van der Waals surface area (Å²) in [6.45, 7) is 3.67. The molecule has 1 amide bonds. The van der Waals surface area contributed by atoms with E-state index in [0.717, 1.165) is 22.9 Å². The van der Waals surface area contributed by atoms with Gasteiger partial charge in [0.1, 0.15) is 5.25 Å². The Morgan fingerprint density at radius 3 is 2.42 bits per heavy atom. The average Bonchev–Trinajstić information content (AvgIpc) is 3.30.